The molecule has 90 valence electrons. The van der Waals surface area contributed by atoms with Crippen LogP contribution in [-0.4, -0.2) is 35.2 Å². The number of aromatic nitrogens is 2. The minimum absolute atomic E-state index is 0.180. The van der Waals surface area contributed by atoms with E-state index in [1.54, 1.807) is 0 Å². The molecule has 6 heteroatoms. The van der Waals surface area contributed by atoms with Crippen LogP contribution in [0.4, 0.5) is 13.2 Å². The van der Waals surface area contributed by atoms with E-state index in [2.05, 4.69) is 15.1 Å². The number of rotatable bonds is 1. The number of alkyl halides is 3. The highest BCUT2D eigenvalue weighted by Gasteiger charge is 2.34. The quantitative estimate of drug-likeness (QED) is 0.806. The van der Waals surface area contributed by atoms with E-state index in [-0.39, 0.29) is 5.92 Å². The highest BCUT2D eigenvalue weighted by Crippen LogP contribution is 2.32. The van der Waals surface area contributed by atoms with Gasteiger partial charge in [-0.05, 0) is 39.0 Å². The van der Waals surface area contributed by atoms with Crippen LogP contribution in [0, 0.1) is 0 Å². The molecule has 0 aromatic carbocycles. The lowest BCUT2D eigenvalue weighted by atomic mass is 9.94. The molecule has 1 N–H and O–H groups in total. The van der Waals surface area contributed by atoms with Gasteiger partial charge >= 0.3 is 6.18 Å². The first-order valence-electron chi connectivity index (χ1n) is 5.28. The number of halogens is 3. The van der Waals surface area contributed by atoms with Gasteiger partial charge in [-0.2, -0.15) is 18.3 Å². The molecular formula is C10H14F3N3. The van der Waals surface area contributed by atoms with Crippen molar-refractivity contribution >= 4 is 0 Å². The number of piperidine rings is 1. The Labute approximate surface area is 91.6 Å². The Morgan fingerprint density at radius 3 is 2.50 bits per heavy atom. The largest absolute Gasteiger partial charge is 0.435 e. The van der Waals surface area contributed by atoms with Gasteiger partial charge in [0, 0.05) is 11.6 Å². The minimum atomic E-state index is -4.35. The number of hydrogen-bond donors (Lipinski definition) is 1. The van der Waals surface area contributed by atoms with Crippen molar-refractivity contribution in [3.63, 3.8) is 0 Å². The third-order valence-corrected chi connectivity index (χ3v) is 3.05. The molecule has 0 atom stereocenters. The Hall–Kier alpha value is -1.04. The summed E-state index contributed by atoms with van der Waals surface area (Å²) in [6.07, 6.45) is -2.58. The highest BCUT2D eigenvalue weighted by atomic mass is 19.4. The molecule has 0 amide bonds. The van der Waals surface area contributed by atoms with Crippen molar-refractivity contribution < 1.29 is 13.2 Å². The van der Waals surface area contributed by atoms with Crippen LogP contribution in [0.15, 0.2) is 6.07 Å². The van der Waals surface area contributed by atoms with E-state index in [1.807, 2.05) is 7.05 Å². The lowest BCUT2D eigenvalue weighted by molar-refractivity contribution is -0.141. The number of aromatic amines is 1. The first kappa shape index (κ1) is 11.4. The van der Waals surface area contributed by atoms with Crippen LogP contribution in [0.3, 0.4) is 0 Å². The van der Waals surface area contributed by atoms with Gasteiger partial charge in [0.05, 0.1) is 0 Å². The van der Waals surface area contributed by atoms with E-state index in [1.165, 1.54) is 0 Å². The monoisotopic (exact) mass is 233 g/mol. The summed E-state index contributed by atoms with van der Waals surface area (Å²) in [7, 11) is 2.02. The van der Waals surface area contributed by atoms with Gasteiger partial charge in [-0.25, -0.2) is 0 Å². The zero-order chi connectivity index (χ0) is 11.8. The molecule has 2 rings (SSSR count). The van der Waals surface area contributed by atoms with Gasteiger partial charge in [0.2, 0.25) is 0 Å². The average molecular weight is 233 g/mol. The van der Waals surface area contributed by atoms with Crippen LogP contribution >= 0.6 is 0 Å². The van der Waals surface area contributed by atoms with E-state index >= 15 is 0 Å². The van der Waals surface area contributed by atoms with Gasteiger partial charge in [0.15, 0.2) is 5.69 Å². The van der Waals surface area contributed by atoms with Gasteiger partial charge in [0.25, 0.3) is 0 Å². The van der Waals surface area contributed by atoms with Crippen molar-refractivity contribution in [2.45, 2.75) is 24.9 Å². The van der Waals surface area contributed by atoms with E-state index in [9.17, 15) is 13.2 Å². The normalized spacial score (nSPS) is 20.2. The van der Waals surface area contributed by atoms with Gasteiger partial charge in [-0.15, -0.1) is 0 Å². The zero-order valence-corrected chi connectivity index (χ0v) is 9.01. The van der Waals surface area contributed by atoms with Gasteiger partial charge < -0.3 is 4.90 Å². The molecule has 16 heavy (non-hydrogen) atoms. The predicted molar refractivity (Wildman–Crippen MR) is 53.1 cm³/mol. The first-order valence-corrected chi connectivity index (χ1v) is 5.28. The summed E-state index contributed by atoms with van der Waals surface area (Å²) in [4.78, 5) is 2.18. The summed E-state index contributed by atoms with van der Waals surface area (Å²) in [5.74, 6) is 0.180. The summed E-state index contributed by atoms with van der Waals surface area (Å²) in [6.45, 7) is 1.84. The molecule has 1 aliphatic heterocycles. The molecule has 0 spiro atoms. The molecule has 0 unspecified atom stereocenters. The fraction of sp³-hybridized carbons (Fsp3) is 0.700. The van der Waals surface area contributed by atoms with E-state index in [4.69, 9.17) is 0 Å². The average Bonchev–Trinajstić information content (AvgIpc) is 2.67. The summed E-state index contributed by atoms with van der Waals surface area (Å²) in [5, 5.41) is 5.83. The molecule has 1 saturated heterocycles. The summed E-state index contributed by atoms with van der Waals surface area (Å²) >= 11 is 0. The Balaban J connectivity index is 2.08. The maximum absolute atomic E-state index is 12.3. The number of H-pyrrole nitrogens is 1. The summed E-state index contributed by atoms with van der Waals surface area (Å²) < 4.78 is 37.0. The third kappa shape index (κ3) is 2.37. The summed E-state index contributed by atoms with van der Waals surface area (Å²) in [5.41, 5.74) is -0.207. The number of hydrogen-bond acceptors (Lipinski definition) is 2. The molecule has 0 radical (unpaired) electrons. The van der Waals surface area contributed by atoms with Crippen molar-refractivity contribution in [2.24, 2.45) is 0 Å². The van der Waals surface area contributed by atoms with Crippen molar-refractivity contribution in [1.29, 1.82) is 0 Å². The zero-order valence-electron chi connectivity index (χ0n) is 9.01. The van der Waals surface area contributed by atoms with Gasteiger partial charge in [-0.1, -0.05) is 0 Å². The van der Waals surface area contributed by atoms with Gasteiger partial charge in [0.1, 0.15) is 0 Å². The Morgan fingerprint density at radius 1 is 1.38 bits per heavy atom. The number of nitrogens with one attached hydrogen (secondary N) is 1. The van der Waals surface area contributed by atoms with Crippen molar-refractivity contribution in [1.82, 2.24) is 15.1 Å². The Kier molecular flexibility index (Phi) is 2.92. The predicted octanol–water partition coefficient (Wildman–Crippen LogP) is 2.24. The van der Waals surface area contributed by atoms with Crippen LogP contribution in [0.2, 0.25) is 0 Å². The highest BCUT2D eigenvalue weighted by molar-refractivity contribution is 5.16. The topological polar surface area (TPSA) is 31.9 Å². The van der Waals surface area contributed by atoms with Crippen molar-refractivity contribution in [2.75, 3.05) is 20.1 Å². The Morgan fingerprint density at radius 2 is 2.00 bits per heavy atom. The molecule has 3 nitrogen and oxygen atoms in total. The maximum atomic E-state index is 12.3. The van der Waals surface area contributed by atoms with Crippen molar-refractivity contribution in [3.05, 3.63) is 17.5 Å². The fourth-order valence-electron chi connectivity index (χ4n) is 2.01. The van der Waals surface area contributed by atoms with Crippen LogP contribution in [-0.2, 0) is 6.18 Å². The van der Waals surface area contributed by atoms with Crippen molar-refractivity contribution in [3.8, 4) is 0 Å². The van der Waals surface area contributed by atoms with Crippen LogP contribution < -0.4 is 0 Å². The minimum Gasteiger partial charge on any atom is -0.306 e. The van der Waals surface area contributed by atoms with E-state index in [0.29, 0.717) is 5.69 Å². The molecule has 1 aromatic rings. The molecule has 1 fully saturated rings. The molecule has 0 aliphatic carbocycles. The summed E-state index contributed by atoms with van der Waals surface area (Å²) in [6, 6.07) is 1.13. The van der Waals surface area contributed by atoms with Gasteiger partial charge in [-0.3, -0.25) is 5.10 Å². The van der Waals surface area contributed by atoms with Crippen LogP contribution in [0.25, 0.3) is 0 Å². The second kappa shape index (κ2) is 4.08. The van der Waals surface area contributed by atoms with E-state index in [0.717, 1.165) is 32.0 Å². The molecule has 1 aliphatic rings. The Bertz CT molecular complexity index is 350. The second-order valence-corrected chi connectivity index (χ2v) is 4.28. The lowest BCUT2D eigenvalue weighted by Crippen LogP contribution is -2.29. The molecule has 0 bridgehead atoms. The third-order valence-electron chi connectivity index (χ3n) is 3.05. The first-order chi connectivity index (χ1) is 7.47. The molecule has 2 heterocycles. The van der Waals surface area contributed by atoms with Crippen LogP contribution in [0.5, 0.6) is 0 Å². The molecular weight excluding hydrogens is 219 g/mol. The standard InChI is InChI=1S/C10H14F3N3/c1-16-4-2-7(3-5-16)8-6-9(15-14-8)10(11,12)13/h6-7H,2-5H2,1H3,(H,14,15). The maximum Gasteiger partial charge on any atom is 0.435 e. The number of nitrogens with zero attached hydrogens (tertiary/aromatic N) is 2. The second-order valence-electron chi connectivity index (χ2n) is 4.28. The molecule has 0 saturated carbocycles. The van der Waals surface area contributed by atoms with Crippen LogP contribution in [0.1, 0.15) is 30.1 Å². The fourth-order valence-corrected chi connectivity index (χ4v) is 2.01. The SMILES string of the molecule is CN1CCC(c2cc(C(F)(F)F)n[nH]2)CC1. The molecule has 1 aromatic heterocycles. The smallest absolute Gasteiger partial charge is 0.306 e. The lowest BCUT2D eigenvalue weighted by Gasteiger charge is -2.27. The number of likely N-dealkylation sites (tertiary alicyclic amines) is 1. The van der Waals surface area contributed by atoms with E-state index < -0.39 is 11.9 Å².